The third kappa shape index (κ3) is 3.79. The van der Waals surface area contributed by atoms with E-state index in [9.17, 15) is 14.0 Å². The second-order valence-corrected chi connectivity index (χ2v) is 7.60. The number of amides is 2. The van der Waals surface area contributed by atoms with Crippen molar-refractivity contribution >= 4 is 11.8 Å². The largest absolute Gasteiger partial charge is 0.353 e. The number of likely N-dealkylation sites (tertiary alicyclic amines) is 1. The quantitative estimate of drug-likeness (QED) is 0.862. The molecule has 1 aromatic carbocycles. The van der Waals surface area contributed by atoms with Crippen LogP contribution in [-0.4, -0.2) is 45.6 Å². The summed E-state index contributed by atoms with van der Waals surface area (Å²) < 4.78 is 14.9. The molecule has 6 nitrogen and oxygen atoms in total. The maximum atomic E-state index is 13.2. The zero-order valence-corrected chi connectivity index (χ0v) is 16.0. The standard InChI is InChI=1S/C21H25FN4O2/c1-2-19-18(13-23-26(19)17-7-3-15(22)4-8-17)21(28)25-11-9-14(10-12-25)20(27)24-16-5-6-16/h3-4,7-8,13-14,16H,2,5-6,9-12H2,1H3,(H,24,27). The lowest BCUT2D eigenvalue weighted by Gasteiger charge is -2.31. The minimum Gasteiger partial charge on any atom is -0.353 e. The van der Waals surface area contributed by atoms with Crippen LogP contribution in [0.5, 0.6) is 0 Å². The van der Waals surface area contributed by atoms with Gasteiger partial charge in [0.15, 0.2) is 0 Å². The number of hydrogen-bond acceptors (Lipinski definition) is 3. The van der Waals surface area contributed by atoms with Gasteiger partial charge in [-0.05, 0) is 56.4 Å². The molecule has 0 unspecified atom stereocenters. The van der Waals surface area contributed by atoms with Crippen LogP contribution in [0.2, 0.25) is 0 Å². The van der Waals surface area contributed by atoms with Crippen LogP contribution in [-0.2, 0) is 11.2 Å². The number of halogens is 1. The van der Waals surface area contributed by atoms with Crippen molar-refractivity contribution in [2.24, 2.45) is 5.92 Å². The molecule has 1 aliphatic carbocycles. The number of nitrogens with one attached hydrogen (secondary N) is 1. The lowest BCUT2D eigenvalue weighted by Crippen LogP contribution is -2.43. The summed E-state index contributed by atoms with van der Waals surface area (Å²) in [5.74, 6) is -0.227. The summed E-state index contributed by atoms with van der Waals surface area (Å²) in [7, 11) is 0. The summed E-state index contributed by atoms with van der Waals surface area (Å²) >= 11 is 0. The molecule has 1 saturated heterocycles. The summed E-state index contributed by atoms with van der Waals surface area (Å²) in [6, 6.07) is 6.45. The van der Waals surface area contributed by atoms with E-state index < -0.39 is 0 Å². The summed E-state index contributed by atoms with van der Waals surface area (Å²) in [6.45, 7) is 3.13. The summed E-state index contributed by atoms with van der Waals surface area (Å²) in [6.07, 6.45) is 5.78. The molecular formula is C21H25FN4O2. The van der Waals surface area contributed by atoms with Crippen molar-refractivity contribution in [3.8, 4) is 5.69 Å². The highest BCUT2D eigenvalue weighted by Crippen LogP contribution is 2.24. The van der Waals surface area contributed by atoms with Gasteiger partial charge in [0, 0.05) is 25.0 Å². The van der Waals surface area contributed by atoms with E-state index in [0.717, 1.165) is 24.2 Å². The van der Waals surface area contributed by atoms with E-state index in [1.54, 1.807) is 23.0 Å². The first-order chi connectivity index (χ1) is 13.6. The Morgan fingerprint density at radius 2 is 1.82 bits per heavy atom. The zero-order valence-electron chi connectivity index (χ0n) is 16.0. The third-order valence-electron chi connectivity index (χ3n) is 5.58. The zero-order chi connectivity index (χ0) is 19.7. The normalized spacial score (nSPS) is 17.6. The van der Waals surface area contributed by atoms with Crippen molar-refractivity contribution in [3.63, 3.8) is 0 Å². The van der Waals surface area contributed by atoms with E-state index >= 15 is 0 Å². The molecule has 2 amide bonds. The highest BCUT2D eigenvalue weighted by atomic mass is 19.1. The summed E-state index contributed by atoms with van der Waals surface area (Å²) in [4.78, 5) is 27.1. The maximum absolute atomic E-state index is 13.2. The Kier molecular flexibility index (Phi) is 5.15. The van der Waals surface area contributed by atoms with Gasteiger partial charge in [-0.2, -0.15) is 5.10 Å². The Labute approximate surface area is 163 Å². The molecule has 1 saturated carbocycles. The first kappa shape index (κ1) is 18.7. The lowest BCUT2D eigenvalue weighted by atomic mass is 9.95. The van der Waals surface area contributed by atoms with Crippen LogP contribution in [0.25, 0.3) is 5.69 Å². The number of hydrogen-bond donors (Lipinski definition) is 1. The average Bonchev–Trinajstić information content (AvgIpc) is 3.43. The van der Waals surface area contributed by atoms with Gasteiger partial charge in [-0.1, -0.05) is 6.92 Å². The third-order valence-corrected chi connectivity index (χ3v) is 5.58. The number of piperidine rings is 1. The SMILES string of the molecule is CCc1c(C(=O)N2CCC(C(=O)NC3CC3)CC2)cnn1-c1ccc(F)cc1. The van der Waals surface area contributed by atoms with Gasteiger partial charge in [-0.3, -0.25) is 9.59 Å². The molecule has 1 aliphatic heterocycles. The maximum Gasteiger partial charge on any atom is 0.257 e. The number of rotatable bonds is 5. The van der Waals surface area contributed by atoms with Gasteiger partial charge in [0.25, 0.3) is 5.91 Å². The summed E-state index contributed by atoms with van der Waals surface area (Å²) in [5.41, 5.74) is 2.12. The van der Waals surface area contributed by atoms with E-state index in [4.69, 9.17) is 0 Å². The van der Waals surface area contributed by atoms with E-state index in [1.165, 1.54) is 12.1 Å². The number of aromatic nitrogens is 2. The molecule has 0 radical (unpaired) electrons. The molecule has 2 aliphatic rings. The van der Waals surface area contributed by atoms with Gasteiger partial charge in [0.2, 0.25) is 5.91 Å². The topological polar surface area (TPSA) is 67.2 Å². The van der Waals surface area contributed by atoms with Crippen LogP contribution in [0.15, 0.2) is 30.5 Å². The molecular weight excluding hydrogens is 359 g/mol. The molecule has 2 aromatic rings. The van der Waals surface area contributed by atoms with Crippen molar-refractivity contribution in [3.05, 3.63) is 47.5 Å². The molecule has 28 heavy (non-hydrogen) atoms. The monoisotopic (exact) mass is 384 g/mol. The Hall–Kier alpha value is -2.70. The predicted octanol–water partition coefficient (Wildman–Crippen LogP) is 2.70. The van der Waals surface area contributed by atoms with E-state index in [0.29, 0.717) is 44.0 Å². The summed E-state index contributed by atoms with van der Waals surface area (Å²) in [5, 5.41) is 7.43. The van der Waals surface area contributed by atoms with Crippen LogP contribution < -0.4 is 5.32 Å². The van der Waals surface area contributed by atoms with Crippen LogP contribution in [0.4, 0.5) is 4.39 Å². The van der Waals surface area contributed by atoms with Crippen LogP contribution in [0.1, 0.15) is 48.7 Å². The molecule has 0 spiro atoms. The lowest BCUT2D eigenvalue weighted by molar-refractivity contribution is -0.126. The average molecular weight is 384 g/mol. The van der Waals surface area contributed by atoms with Crippen LogP contribution in [0.3, 0.4) is 0 Å². The fourth-order valence-corrected chi connectivity index (χ4v) is 3.76. The first-order valence-corrected chi connectivity index (χ1v) is 9.99. The van der Waals surface area contributed by atoms with Crippen LogP contribution >= 0.6 is 0 Å². The molecule has 1 aromatic heterocycles. The molecule has 4 rings (SSSR count). The number of nitrogens with zero attached hydrogens (tertiary/aromatic N) is 3. The minimum absolute atomic E-state index is 0.00256. The highest BCUT2D eigenvalue weighted by Gasteiger charge is 2.32. The van der Waals surface area contributed by atoms with Gasteiger partial charge < -0.3 is 10.2 Å². The molecule has 148 valence electrons. The van der Waals surface area contributed by atoms with Gasteiger partial charge >= 0.3 is 0 Å². The molecule has 0 bridgehead atoms. The molecule has 0 atom stereocenters. The fraction of sp³-hybridized carbons (Fsp3) is 0.476. The fourth-order valence-electron chi connectivity index (χ4n) is 3.76. The number of carbonyl (C=O) groups is 2. The Morgan fingerprint density at radius 1 is 1.14 bits per heavy atom. The van der Waals surface area contributed by atoms with Crippen molar-refractivity contribution in [1.82, 2.24) is 20.0 Å². The minimum atomic E-state index is -0.307. The van der Waals surface area contributed by atoms with Crippen molar-refractivity contribution in [2.45, 2.75) is 45.1 Å². The van der Waals surface area contributed by atoms with Crippen molar-refractivity contribution in [2.75, 3.05) is 13.1 Å². The van der Waals surface area contributed by atoms with E-state index in [-0.39, 0.29) is 23.5 Å². The Balaban J connectivity index is 1.45. The van der Waals surface area contributed by atoms with Gasteiger partial charge in [-0.25, -0.2) is 9.07 Å². The smallest absolute Gasteiger partial charge is 0.257 e. The highest BCUT2D eigenvalue weighted by molar-refractivity contribution is 5.95. The molecule has 7 heteroatoms. The number of benzene rings is 1. The predicted molar refractivity (Wildman–Crippen MR) is 103 cm³/mol. The van der Waals surface area contributed by atoms with Crippen LogP contribution in [0, 0.1) is 11.7 Å². The molecule has 2 heterocycles. The molecule has 1 N–H and O–H groups in total. The first-order valence-electron chi connectivity index (χ1n) is 9.99. The second kappa shape index (κ2) is 7.73. The van der Waals surface area contributed by atoms with E-state index in [1.807, 2.05) is 11.8 Å². The Morgan fingerprint density at radius 3 is 2.43 bits per heavy atom. The van der Waals surface area contributed by atoms with Gasteiger partial charge in [0.1, 0.15) is 5.82 Å². The van der Waals surface area contributed by atoms with Crippen molar-refractivity contribution < 1.29 is 14.0 Å². The number of carbonyl (C=O) groups excluding carboxylic acids is 2. The van der Waals surface area contributed by atoms with Crippen molar-refractivity contribution in [1.29, 1.82) is 0 Å². The molecule has 2 fully saturated rings. The Bertz CT molecular complexity index is 865. The van der Waals surface area contributed by atoms with E-state index in [2.05, 4.69) is 10.4 Å². The second-order valence-electron chi connectivity index (χ2n) is 7.60. The van der Waals surface area contributed by atoms with Gasteiger partial charge in [-0.15, -0.1) is 0 Å². The van der Waals surface area contributed by atoms with Gasteiger partial charge in [0.05, 0.1) is 23.1 Å².